The van der Waals surface area contributed by atoms with E-state index in [1.165, 1.54) is 0 Å². The summed E-state index contributed by atoms with van der Waals surface area (Å²) in [7, 11) is 3.93. The van der Waals surface area contributed by atoms with Gasteiger partial charge in [0.05, 0.1) is 6.42 Å². The fraction of sp³-hybridized carbons (Fsp3) is 0.400. The van der Waals surface area contributed by atoms with Crippen LogP contribution in [0.25, 0.3) is 0 Å². The van der Waals surface area contributed by atoms with Gasteiger partial charge in [-0.3, -0.25) is 9.59 Å². The van der Waals surface area contributed by atoms with E-state index in [1.54, 1.807) is 11.3 Å². The minimum Gasteiger partial charge on any atom is -0.378 e. The first-order chi connectivity index (χ1) is 12.5. The van der Waals surface area contributed by atoms with E-state index in [-0.39, 0.29) is 11.8 Å². The van der Waals surface area contributed by atoms with Crippen molar-refractivity contribution in [3.05, 3.63) is 52.2 Å². The average molecular weight is 372 g/mol. The molecule has 2 aromatic rings. The average Bonchev–Trinajstić information content (AvgIpc) is 3.02. The highest BCUT2D eigenvalue weighted by Crippen LogP contribution is 2.17. The number of benzene rings is 1. The maximum atomic E-state index is 12.9. The van der Waals surface area contributed by atoms with Crippen LogP contribution in [0.5, 0.6) is 0 Å². The van der Waals surface area contributed by atoms with Gasteiger partial charge in [0.15, 0.2) is 0 Å². The summed E-state index contributed by atoms with van der Waals surface area (Å²) in [6, 6.07) is 11.7. The van der Waals surface area contributed by atoms with Crippen LogP contribution in [0.2, 0.25) is 0 Å². The van der Waals surface area contributed by atoms with Gasteiger partial charge in [0.25, 0.3) is 5.91 Å². The molecule has 0 N–H and O–H groups in total. The van der Waals surface area contributed by atoms with Gasteiger partial charge in [-0.1, -0.05) is 12.1 Å². The van der Waals surface area contributed by atoms with Crippen LogP contribution in [0.3, 0.4) is 0 Å². The Labute approximate surface area is 158 Å². The highest BCUT2D eigenvalue weighted by molar-refractivity contribution is 7.10. The Morgan fingerprint density at radius 1 is 1.04 bits per heavy atom. The summed E-state index contributed by atoms with van der Waals surface area (Å²) in [6.45, 7) is 2.59. The van der Waals surface area contributed by atoms with Crippen molar-refractivity contribution in [2.75, 3.05) is 45.2 Å². The maximum absolute atomic E-state index is 12.9. The first-order valence-electron chi connectivity index (χ1n) is 8.91. The van der Waals surface area contributed by atoms with E-state index in [0.29, 0.717) is 38.2 Å². The molecule has 0 aliphatic carbocycles. The zero-order valence-electron chi connectivity index (χ0n) is 15.4. The van der Waals surface area contributed by atoms with Gasteiger partial charge in [0.1, 0.15) is 0 Å². The lowest BCUT2D eigenvalue weighted by molar-refractivity contribution is -0.130. The second kappa shape index (κ2) is 8.36. The van der Waals surface area contributed by atoms with Crippen LogP contribution in [0, 0.1) is 0 Å². The Hall–Kier alpha value is -2.34. The second-order valence-electron chi connectivity index (χ2n) is 6.73. The molecule has 1 saturated heterocycles. The summed E-state index contributed by atoms with van der Waals surface area (Å²) in [5, 5.41) is 1.99. The third kappa shape index (κ3) is 4.43. The second-order valence-corrected chi connectivity index (χ2v) is 7.76. The molecule has 0 saturated carbocycles. The molecule has 5 nitrogen and oxygen atoms in total. The van der Waals surface area contributed by atoms with Crippen LogP contribution in [0.1, 0.15) is 21.7 Å². The van der Waals surface area contributed by atoms with E-state index in [9.17, 15) is 9.59 Å². The minimum atomic E-state index is 0.0428. The number of amides is 2. The third-order valence-electron chi connectivity index (χ3n) is 4.65. The molecule has 3 rings (SSSR count). The Kier molecular flexibility index (Phi) is 5.93. The standard InChI is InChI=1S/C20H25N3O2S/c1-21(2)17-7-3-6-16(14-17)20(25)23-10-5-9-22(11-12-23)19(24)15-18-8-4-13-26-18/h3-4,6-8,13-14H,5,9-12,15H2,1-2H3. The summed E-state index contributed by atoms with van der Waals surface area (Å²) < 4.78 is 0. The van der Waals surface area contributed by atoms with Crippen molar-refractivity contribution in [2.24, 2.45) is 0 Å². The van der Waals surface area contributed by atoms with Crippen LogP contribution in [0.4, 0.5) is 5.69 Å². The van der Waals surface area contributed by atoms with Crippen LogP contribution < -0.4 is 4.90 Å². The Bertz CT molecular complexity index is 758. The van der Waals surface area contributed by atoms with Gasteiger partial charge >= 0.3 is 0 Å². The van der Waals surface area contributed by atoms with Gasteiger partial charge in [-0.2, -0.15) is 0 Å². The van der Waals surface area contributed by atoms with E-state index in [2.05, 4.69) is 0 Å². The molecule has 0 spiro atoms. The van der Waals surface area contributed by atoms with Crippen molar-refractivity contribution in [3.8, 4) is 0 Å². The highest BCUT2D eigenvalue weighted by atomic mass is 32.1. The zero-order valence-corrected chi connectivity index (χ0v) is 16.2. The summed E-state index contributed by atoms with van der Waals surface area (Å²) in [4.78, 5) is 32.2. The molecule has 0 radical (unpaired) electrons. The first kappa shape index (κ1) is 18.5. The predicted octanol–water partition coefficient (Wildman–Crippen LogP) is 2.73. The zero-order chi connectivity index (χ0) is 18.5. The smallest absolute Gasteiger partial charge is 0.253 e. The highest BCUT2D eigenvalue weighted by Gasteiger charge is 2.23. The first-order valence-corrected chi connectivity index (χ1v) is 9.79. The lowest BCUT2D eigenvalue weighted by atomic mass is 10.1. The molecule has 1 fully saturated rings. The van der Waals surface area contributed by atoms with E-state index >= 15 is 0 Å². The third-order valence-corrected chi connectivity index (χ3v) is 5.53. The van der Waals surface area contributed by atoms with Gasteiger partial charge in [0.2, 0.25) is 5.91 Å². The fourth-order valence-corrected chi connectivity index (χ4v) is 3.84. The van der Waals surface area contributed by atoms with Gasteiger partial charge < -0.3 is 14.7 Å². The minimum absolute atomic E-state index is 0.0428. The quantitative estimate of drug-likeness (QED) is 0.830. The SMILES string of the molecule is CN(C)c1cccc(C(=O)N2CCCN(C(=O)Cc3cccs3)CC2)c1. The van der Waals surface area contributed by atoms with E-state index < -0.39 is 0 Å². The molecular weight excluding hydrogens is 346 g/mol. The van der Waals surface area contributed by atoms with Gasteiger partial charge in [-0.15, -0.1) is 11.3 Å². The fourth-order valence-electron chi connectivity index (χ4n) is 3.14. The van der Waals surface area contributed by atoms with Gasteiger partial charge in [-0.25, -0.2) is 0 Å². The molecule has 1 aliphatic heterocycles. The number of anilines is 1. The van der Waals surface area contributed by atoms with Crippen molar-refractivity contribution in [1.29, 1.82) is 0 Å². The van der Waals surface area contributed by atoms with E-state index in [0.717, 1.165) is 17.0 Å². The summed E-state index contributed by atoms with van der Waals surface area (Å²) >= 11 is 1.61. The summed E-state index contributed by atoms with van der Waals surface area (Å²) in [5.41, 5.74) is 1.72. The molecule has 26 heavy (non-hydrogen) atoms. The Morgan fingerprint density at radius 3 is 2.54 bits per heavy atom. The number of thiophene rings is 1. The van der Waals surface area contributed by atoms with Gasteiger partial charge in [-0.05, 0) is 36.1 Å². The van der Waals surface area contributed by atoms with Gasteiger partial charge in [0, 0.05) is 56.4 Å². The number of hydrogen-bond acceptors (Lipinski definition) is 4. The molecule has 2 heterocycles. The van der Waals surface area contributed by atoms with Crippen LogP contribution >= 0.6 is 11.3 Å². The normalized spacial score (nSPS) is 14.8. The lowest BCUT2D eigenvalue weighted by Crippen LogP contribution is -2.37. The van der Waals surface area contributed by atoms with Crippen molar-refractivity contribution in [1.82, 2.24) is 9.80 Å². The summed E-state index contributed by atoms with van der Waals surface area (Å²) in [6.07, 6.45) is 1.27. The van der Waals surface area contributed by atoms with Crippen molar-refractivity contribution in [3.63, 3.8) is 0 Å². The van der Waals surface area contributed by atoms with E-state index in [1.807, 2.05) is 70.6 Å². The van der Waals surface area contributed by atoms with E-state index in [4.69, 9.17) is 0 Å². The molecule has 1 aliphatic rings. The Balaban J connectivity index is 1.62. The number of nitrogens with zero attached hydrogens (tertiary/aromatic N) is 3. The summed E-state index contributed by atoms with van der Waals surface area (Å²) in [5.74, 6) is 0.192. The number of carbonyl (C=O) groups excluding carboxylic acids is 2. The van der Waals surface area contributed by atoms with Crippen LogP contribution in [0.15, 0.2) is 41.8 Å². The maximum Gasteiger partial charge on any atom is 0.253 e. The van der Waals surface area contributed by atoms with Crippen LogP contribution in [-0.2, 0) is 11.2 Å². The molecular formula is C20H25N3O2S. The number of rotatable bonds is 4. The van der Waals surface area contributed by atoms with Crippen molar-refractivity contribution < 1.29 is 9.59 Å². The molecule has 2 amide bonds. The lowest BCUT2D eigenvalue weighted by Gasteiger charge is -2.23. The number of hydrogen-bond donors (Lipinski definition) is 0. The predicted molar refractivity (Wildman–Crippen MR) is 106 cm³/mol. The van der Waals surface area contributed by atoms with Crippen molar-refractivity contribution >= 4 is 28.8 Å². The Morgan fingerprint density at radius 2 is 1.81 bits per heavy atom. The van der Waals surface area contributed by atoms with Crippen LogP contribution in [-0.4, -0.2) is 61.9 Å². The molecule has 1 aromatic heterocycles. The molecule has 138 valence electrons. The number of carbonyl (C=O) groups is 2. The van der Waals surface area contributed by atoms with Crippen molar-refractivity contribution in [2.45, 2.75) is 12.8 Å². The molecule has 6 heteroatoms. The molecule has 0 bridgehead atoms. The molecule has 1 aromatic carbocycles. The molecule has 0 atom stereocenters. The topological polar surface area (TPSA) is 43.9 Å². The monoisotopic (exact) mass is 371 g/mol. The largest absolute Gasteiger partial charge is 0.378 e. The molecule has 0 unspecified atom stereocenters.